The highest BCUT2D eigenvalue weighted by atomic mass is 32.2. The summed E-state index contributed by atoms with van der Waals surface area (Å²) >= 11 is 1.55. The van der Waals surface area contributed by atoms with Crippen LogP contribution in [0.4, 0.5) is 0 Å². The van der Waals surface area contributed by atoms with E-state index in [1.165, 1.54) is 0 Å². The Bertz CT molecular complexity index is 905. The van der Waals surface area contributed by atoms with Crippen LogP contribution >= 0.6 is 11.3 Å². The number of nitrogens with zero attached hydrogens (tertiary/aromatic N) is 3. The van der Waals surface area contributed by atoms with Gasteiger partial charge in [0.15, 0.2) is 15.5 Å². The predicted molar refractivity (Wildman–Crippen MR) is 99.2 cm³/mol. The maximum atomic E-state index is 13.0. The van der Waals surface area contributed by atoms with Gasteiger partial charge < -0.3 is 9.64 Å². The summed E-state index contributed by atoms with van der Waals surface area (Å²) in [6.07, 6.45) is 0.532. The summed E-state index contributed by atoms with van der Waals surface area (Å²) in [5.41, 5.74) is 1.18. The largest absolute Gasteiger partial charge is 0.377 e. The molecular weight excluding hydrogens is 374 g/mol. The van der Waals surface area contributed by atoms with Crippen molar-refractivity contribution >= 4 is 27.1 Å². The maximum Gasteiger partial charge on any atom is 0.274 e. The van der Waals surface area contributed by atoms with Crippen LogP contribution in [0.1, 0.15) is 29.9 Å². The Morgan fingerprint density at radius 1 is 1.42 bits per heavy atom. The molecule has 0 spiro atoms. The zero-order valence-electron chi connectivity index (χ0n) is 14.5. The normalized spacial score (nSPS) is 25.5. The summed E-state index contributed by atoms with van der Waals surface area (Å²) in [6, 6.07) is 5.47. The van der Waals surface area contributed by atoms with Crippen molar-refractivity contribution in [2.24, 2.45) is 0 Å². The van der Waals surface area contributed by atoms with Gasteiger partial charge in [-0.25, -0.2) is 8.42 Å². The Labute approximate surface area is 156 Å². The summed E-state index contributed by atoms with van der Waals surface area (Å²) in [4.78, 5) is 15.7. The highest BCUT2D eigenvalue weighted by Crippen LogP contribution is 2.32. The Kier molecular flexibility index (Phi) is 4.62. The molecule has 2 aliphatic rings. The molecule has 0 saturated carbocycles. The lowest BCUT2D eigenvalue weighted by atomic mass is 10.2. The smallest absolute Gasteiger partial charge is 0.274 e. The van der Waals surface area contributed by atoms with E-state index in [9.17, 15) is 13.2 Å². The second kappa shape index (κ2) is 6.79. The van der Waals surface area contributed by atoms with Gasteiger partial charge in [-0.15, -0.1) is 11.3 Å². The first-order valence-electron chi connectivity index (χ1n) is 8.67. The molecule has 2 atom stereocenters. The third kappa shape index (κ3) is 3.30. The first-order valence-corrected chi connectivity index (χ1v) is 11.4. The molecule has 1 amide bonds. The van der Waals surface area contributed by atoms with Crippen LogP contribution in [0.2, 0.25) is 0 Å². The molecule has 2 unspecified atom stereocenters. The Balaban J connectivity index is 1.71. The molecule has 7 nitrogen and oxygen atoms in total. The molecule has 2 aromatic heterocycles. The quantitative estimate of drug-likeness (QED) is 0.792. The van der Waals surface area contributed by atoms with Gasteiger partial charge in [-0.1, -0.05) is 6.07 Å². The SMILES string of the molecule is CC1COCCN1C(=O)c1cc(-c2cccs2)n(C2CCS(=O)(=O)C2)n1. The van der Waals surface area contributed by atoms with Crippen LogP contribution in [-0.4, -0.2) is 66.3 Å². The van der Waals surface area contributed by atoms with Gasteiger partial charge in [0.25, 0.3) is 5.91 Å². The summed E-state index contributed by atoms with van der Waals surface area (Å²) < 4.78 is 31.0. The standard InChI is InChI=1S/C17H21N3O4S2/c1-12-10-24-6-5-19(12)17(21)14-9-15(16-3-2-7-25-16)20(18-14)13-4-8-26(22,23)11-13/h2-3,7,9,12-13H,4-6,8,10-11H2,1H3. The van der Waals surface area contributed by atoms with E-state index in [2.05, 4.69) is 5.10 Å². The van der Waals surface area contributed by atoms with Crippen molar-refractivity contribution in [1.82, 2.24) is 14.7 Å². The van der Waals surface area contributed by atoms with E-state index < -0.39 is 9.84 Å². The first-order chi connectivity index (χ1) is 12.4. The zero-order valence-corrected chi connectivity index (χ0v) is 16.1. The molecule has 0 aromatic carbocycles. The van der Waals surface area contributed by atoms with Crippen molar-refractivity contribution in [3.8, 4) is 10.6 Å². The number of carbonyl (C=O) groups excluding carboxylic acids is 1. The van der Waals surface area contributed by atoms with Gasteiger partial charge in [0, 0.05) is 6.54 Å². The summed E-state index contributed by atoms with van der Waals surface area (Å²) in [7, 11) is -3.04. The number of thiophene rings is 1. The summed E-state index contributed by atoms with van der Waals surface area (Å²) in [5, 5.41) is 6.51. The zero-order chi connectivity index (χ0) is 18.3. The number of amides is 1. The minimum Gasteiger partial charge on any atom is -0.377 e. The van der Waals surface area contributed by atoms with Gasteiger partial charge >= 0.3 is 0 Å². The fourth-order valence-corrected chi connectivity index (χ4v) is 5.96. The molecule has 140 valence electrons. The van der Waals surface area contributed by atoms with Crippen LogP contribution in [0, 0.1) is 0 Å². The van der Waals surface area contributed by atoms with Crippen molar-refractivity contribution in [3.63, 3.8) is 0 Å². The van der Waals surface area contributed by atoms with Gasteiger partial charge in [-0.2, -0.15) is 5.10 Å². The number of hydrogen-bond acceptors (Lipinski definition) is 6. The van der Waals surface area contributed by atoms with Crippen LogP contribution in [0.5, 0.6) is 0 Å². The topological polar surface area (TPSA) is 81.5 Å². The fraction of sp³-hybridized carbons (Fsp3) is 0.529. The molecule has 2 aliphatic heterocycles. The maximum absolute atomic E-state index is 13.0. The van der Waals surface area contributed by atoms with Crippen LogP contribution in [0.3, 0.4) is 0 Å². The Morgan fingerprint density at radius 3 is 2.92 bits per heavy atom. The summed E-state index contributed by atoms with van der Waals surface area (Å²) in [6.45, 7) is 3.54. The highest BCUT2D eigenvalue weighted by molar-refractivity contribution is 7.91. The lowest BCUT2D eigenvalue weighted by molar-refractivity contribution is 0.00322. The molecule has 26 heavy (non-hydrogen) atoms. The van der Waals surface area contributed by atoms with E-state index in [1.54, 1.807) is 27.0 Å². The van der Waals surface area contributed by atoms with Crippen LogP contribution in [0.25, 0.3) is 10.6 Å². The summed E-state index contributed by atoms with van der Waals surface area (Å²) in [5.74, 6) is 0.123. The molecule has 0 radical (unpaired) electrons. The average molecular weight is 396 g/mol. The van der Waals surface area contributed by atoms with Crippen LogP contribution in [-0.2, 0) is 14.6 Å². The van der Waals surface area contributed by atoms with E-state index in [0.717, 1.165) is 10.6 Å². The Hall–Kier alpha value is -1.71. The van der Waals surface area contributed by atoms with Gasteiger partial charge in [0.2, 0.25) is 0 Å². The molecule has 0 N–H and O–H groups in total. The number of sulfone groups is 1. The number of carbonyl (C=O) groups is 1. The van der Waals surface area contributed by atoms with Gasteiger partial charge in [-0.05, 0) is 30.9 Å². The van der Waals surface area contributed by atoms with Crippen LogP contribution < -0.4 is 0 Å². The fourth-order valence-electron chi connectivity index (χ4n) is 3.53. The molecule has 2 saturated heterocycles. The predicted octanol–water partition coefficient (Wildman–Crippen LogP) is 1.83. The molecule has 4 rings (SSSR count). The second-order valence-electron chi connectivity index (χ2n) is 6.82. The van der Waals surface area contributed by atoms with Crippen molar-refractivity contribution in [3.05, 3.63) is 29.3 Å². The lowest BCUT2D eigenvalue weighted by Gasteiger charge is -2.32. The third-order valence-electron chi connectivity index (χ3n) is 4.91. The van der Waals surface area contributed by atoms with Crippen molar-refractivity contribution in [2.45, 2.75) is 25.4 Å². The molecule has 0 bridgehead atoms. The minimum absolute atomic E-state index is 0.00144. The average Bonchev–Trinajstić information content (AvgIpc) is 3.32. The van der Waals surface area contributed by atoms with Crippen molar-refractivity contribution in [2.75, 3.05) is 31.3 Å². The van der Waals surface area contributed by atoms with Crippen LogP contribution in [0.15, 0.2) is 23.6 Å². The van der Waals surface area contributed by atoms with E-state index in [1.807, 2.05) is 24.4 Å². The highest BCUT2D eigenvalue weighted by Gasteiger charge is 2.33. The second-order valence-corrected chi connectivity index (χ2v) is 9.99. The molecular formula is C17H21N3O4S2. The number of rotatable bonds is 3. The van der Waals surface area contributed by atoms with Gasteiger partial charge in [0.1, 0.15) is 0 Å². The lowest BCUT2D eigenvalue weighted by Crippen LogP contribution is -2.47. The number of ether oxygens (including phenoxy) is 1. The minimum atomic E-state index is -3.04. The van der Waals surface area contributed by atoms with Gasteiger partial charge in [0.05, 0.1) is 47.4 Å². The van der Waals surface area contributed by atoms with E-state index in [4.69, 9.17) is 4.74 Å². The molecule has 2 fully saturated rings. The number of hydrogen-bond donors (Lipinski definition) is 0. The monoisotopic (exact) mass is 395 g/mol. The first kappa shape index (κ1) is 17.7. The molecule has 4 heterocycles. The molecule has 0 aliphatic carbocycles. The van der Waals surface area contributed by atoms with E-state index in [0.29, 0.717) is 31.9 Å². The molecule has 9 heteroatoms. The third-order valence-corrected chi connectivity index (χ3v) is 7.55. The van der Waals surface area contributed by atoms with Crippen molar-refractivity contribution < 1.29 is 17.9 Å². The number of aromatic nitrogens is 2. The molecule has 2 aromatic rings. The van der Waals surface area contributed by atoms with Crippen molar-refractivity contribution in [1.29, 1.82) is 0 Å². The van der Waals surface area contributed by atoms with E-state index in [-0.39, 0.29) is 29.5 Å². The number of morpholine rings is 1. The van der Waals surface area contributed by atoms with Gasteiger partial charge in [-0.3, -0.25) is 9.48 Å². The Morgan fingerprint density at radius 2 is 2.27 bits per heavy atom. The van der Waals surface area contributed by atoms with E-state index >= 15 is 0 Å².